The first-order chi connectivity index (χ1) is 17.4. The maximum absolute atomic E-state index is 13.8. The van der Waals surface area contributed by atoms with E-state index in [0.29, 0.717) is 46.2 Å². The fourth-order valence-corrected chi connectivity index (χ4v) is 4.73. The molecule has 9 heteroatoms. The second-order valence-corrected chi connectivity index (χ2v) is 9.21. The topological polar surface area (TPSA) is 81.8 Å². The number of hydrogen-bond donors (Lipinski definition) is 2. The number of anilines is 2. The molecule has 7 nitrogen and oxygen atoms in total. The number of carbonyl (C=O) groups is 3. The molecule has 2 N–H and O–H groups in total. The average Bonchev–Trinajstić information content (AvgIpc) is 3.04. The van der Waals surface area contributed by atoms with Gasteiger partial charge in [0.25, 0.3) is 11.8 Å². The zero-order valence-corrected chi connectivity index (χ0v) is 20.1. The van der Waals surface area contributed by atoms with Crippen molar-refractivity contribution in [2.75, 3.05) is 36.4 Å². The predicted molar refractivity (Wildman–Crippen MR) is 136 cm³/mol. The van der Waals surface area contributed by atoms with Crippen LogP contribution in [0, 0.1) is 5.82 Å². The number of amides is 3. The van der Waals surface area contributed by atoms with E-state index in [1.54, 1.807) is 59.5 Å². The van der Waals surface area contributed by atoms with Crippen molar-refractivity contribution in [3.63, 3.8) is 0 Å². The standard InChI is InChI=1S/C27H24ClFN4O3/c28-20-6-1-18(2-7-20)27(36)33-23-10-5-19(26(35)32-13-11-30-12-14-32)15-22(23)31-25(34)16-24(33)17-3-8-21(29)9-4-17/h1-10,15,24,30H,11-14,16H2,(H,31,34). The molecule has 0 spiro atoms. The molecule has 1 atom stereocenters. The molecule has 2 aliphatic rings. The van der Waals surface area contributed by atoms with E-state index in [0.717, 1.165) is 13.1 Å². The van der Waals surface area contributed by atoms with Crippen molar-refractivity contribution >= 4 is 40.7 Å². The van der Waals surface area contributed by atoms with Gasteiger partial charge in [0, 0.05) is 42.3 Å². The molecule has 0 aromatic heterocycles. The molecule has 0 bridgehead atoms. The van der Waals surface area contributed by atoms with Gasteiger partial charge in [-0.15, -0.1) is 0 Å². The van der Waals surface area contributed by atoms with E-state index < -0.39 is 11.9 Å². The summed E-state index contributed by atoms with van der Waals surface area (Å²) in [6.07, 6.45) is -0.0410. The molecule has 1 saturated heterocycles. The maximum atomic E-state index is 13.8. The maximum Gasteiger partial charge on any atom is 0.258 e. The summed E-state index contributed by atoms with van der Waals surface area (Å²) in [4.78, 5) is 43.2. The van der Waals surface area contributed by atoms with E-state index >= 15 is 0 Å². The van der Waals surface area contributed by atoms with Crippen LogP contribution in [0.2, 0.25) is 5.02 Å². The van der Waals surface area contributed by atoms with Crippen LogP contribution >= 0.6 is 11.6 Å². The van der Waals surface area contributed by atoms with Gasteiger partial charge in [0.15, 0.2) is 0 Å². The number of carbonyl (C=O) groups excluding carboxylic acids is 3. The van der Waals surface area contributed by atoms with Crippen LogP contribution in [-0.2, 0) is 4.79 Å². The van der Waals surface area contributed by atoms with Crippen LogP contribution in [0.1, 0.15) is 38.7 Å². The highest BCUT2D eigenvalue weighted by molar-refractivity contribution is 6.30. The molecule has 3 amide bonds. The van der Waals surface area contributed by atoms with Crippen molar-refractivity contribution in [3.8, 4) is 0 Å². The fraction of sp³-hybridized carbons (Fsp3) is 0.222. The number of nitrogens with one attached hydrogen (secondary N) is 2. The van der Waals surface area contributed by atoms with Gasteiger partial charge in [-0.05, 0) is 60.2 Å². The molecule has 2 heterocycles. The Hall–Kier alpha value is -3.75. The Kier molecular flexibility index (Phi) is 6.71. The minimum Gasteiger partial charge on any atom is -0.336 e. The first-order valence-corrected chi connectivity index (χ1v) is 12.1. The number of nitrogens with zero attached hydrogens (tertiary/aromatic N) is 2. The van der Waals surface area contributed by atoms with Gasteiger partial charge >= 0.3 is 0 Å². The summed E-state index contributed by atoms with van der Waals surface area (Å²) in [5.74, 6) is -1.21. The SMILES string of the molecule is O=C1CC(c2ccc(F)cc2)N(C(=O)c2ccc(Cl)cc2)c2ccc(C(=O)N3CCNCC3)cc2N1. The van der Waals surface area contributed by atoms with Gasteiger partial charge in [-0.1, -0.05) is 23.7 Å². The average molecular weight is 507 g/mol. The first-order valence-electron chi connectivity index (χ1n) is 11.7. The van der Waals surface area contributed by atoms with Gasteiger partial charge in [0.1, 0.15) is 5.82 Å². The smallest absolute Gasteiger partial charge is 0.258 e. The summed E-state index contributed by atoms with van der Waals surface area (Å²) in [6, 6.07) is 16.5. The monoisotopic (exact) mass is 506 g/mol. The quantitative estimate of drug-likeness (QED) is 0.556. The second kappa shape index (κ2) is 10.1. The summed E-state index contributed by atoms with van der Waals surface area (Å²) < 4.78 is 13.7. The molecule has 184 valence electrons. The highest BCUT2D eigenvalue weighted by atomic mass is 35.5. The van der Waals surface area contributed by atoms with E-state index in [4.69, 9.17) is 11.6 Å². The molecule has 1 unspecified atom stereocenters. The van der Waals surface area contributed by atoms with E-state index in [1.807, 2.05) is 0 Å². The number of piperazine rings is 1. The van der Waals surface area contributed by atoms with Crippen molar-refractivity contribution in [2.45, 2.75) is 12.5 Å². The Morgan fingerprint density at radius 1 is 0.889 bits per heavy atom. The van der Waals surface area contributed by atoms with Gasteiger partial charge in [-0.25, -0.2) is 4.39 Å². The van der Waals surface area contributed by atoms with E-state index in [9.17, 15) is 18.8 Å². The third kappa shape index (κ3) is 4.82. The van der Waals surface area contributed by atoms with Gasteiger partial charge in [0.05, 0.1) is 23.8 Å². The third-order valence-electron chi connectivity index (χ3n) is 6.44. The van der Waals surface area contributed by atoms with Gasteiger partial charge in [0.2, 0.25) is 5.91 Å². The zero-order chi connectivity index (χ0) is 25.2. The molecule has 0 aliphatic carbocycles. The first kappa shape index (κ1) is 24.0. The molecule has 2 aliphatic heterocycles. The highest BCUT2D eigenvalue weighted by Crippen LogP contribution is 2.40. The lowest BCUT2D eigenvalue weighted by Gasteiger charge is -2.31. The van der Waals surface area contributed by atoms with Gasteiger partial charge in [-0.3, -0.25) is 19.3 Å². The van der Waals surface area contributed by atoms with Gasteiger partial charge < -0.3 is 15.5 Å². The number of fused-ring (bicyclic) bond motifs is 1. The van der Waals surface area contributed by atoms with Crippen molar-refractivity contribution in [3.05, 3.63) is 94.3 Å². The van der Waals surface area contributed by atoms with Crippen LogP contribution in [-0.4, -0.2) is 48.8 Å². The molecular formula is C27H24ClFN4O3. The molecule has 3 aromatic rings. The Morgan fingerprint density at radius 2 is 1.56 bits per heavy atom. The summed E-state index contributed by atoms with van der Waals surface area (Å²) in [6.45, 7) is 2.62. The van der Waals surface area contributed by atoms with E-state index in [-0.39, 0.29) is 24.1 Å². The second-order valence-electron chi connectivity index (χ2n) is 8.78. The summed E-state index contributed by atoms with van der Waals surface area (Å²) in [7, 11) is 0. The van der Waals surface area contributed by atoms with Crippen molar-refractivity contribution in [2.24, 2.45) is 0 Å². The van der Waals surface area contributed by atoms with Crippen LogP contribution in [0.25, 0.3) is 0 Å². The Bertz CT molecular complexity index is 1310. The van der Waals surface area contributed by atoms with Crippen LogP contribution in [0.5, 0.6) is 0 Å². The minimum atomic E-state index is -0.690. The van der Waals surface area contributed by atoms with Crippen molar-refractivity contribution in [1.29, 1.82) is 0 Å². The molecule has 1 fully saturated rings. The highest BCUT2D eigenvalue weighted by Gasteiger charge is 2.35. The predicted octanol–water partition coefficient (Wildman–Crippen LogP) is 4.25. The molecule has 3 aromatic carbocycles. The number of benzene rings is 3. The minimum absolute atomic E-state index is 0.0410. The van der Waals surface area contributed by atoms with Crippen molar-refractivity contribution < 1.29 is 18.8 Å². The lowest BCUT2D eigenvalue weighted by molar-refractivity contribution is -0.116. The number of hydrogen-bond acceptors (Lipinski definition) is 4. The van der Waals surface area contributed by atoms with E-state index in [1.165, 1.54) is 17.0 Å². The van der Waals surface area contributed by atoms with Crippen molar-refractivity contribution in [1.82, 2.24) is 10.2 Å². The Labute approximate surface area is 212 Å². The normalized spacial score (nSPS) is 17.7. The molecule has 0 radical (unpaired) electrons. The van der Waals surface area contributed by atoms with Gasteiger partial charge in [-0.2, -0.15) is 0 Å². The molecular weight excluding hydrogens is 483 g/mol. The van der Waals surface area contributed by atoms with Crippen LogP contribution in [0.4, 0.5) is 15.8 Å². The lowest BCUT2D eigenvalue weighted by atomic mass is 9.99. The third-order valence-corrected chi connectivity index (χ3v) is 6.69. The lowest BCUT2D eigenvalue weighted by Crippen LogP contribution is -2.46. The fourth-order valence-electron chi connectivity index (χ4n) is 4.60. The summed E-state index contributed by atoms with van der Waals surface area (Å²) in [5, 5.41) is 6.58. The van der Waals surface area contributed by atoms with Crippen LogP contribution in [0.3, 0.4) is 0 Å². The molecule has 0 saturated carbocycles. The molecule has 36 heavy (non-hydrogen) atoms. The van der Waals surface area contributed by atoms with E-state index in [2.05, 4.69) is 10.6 Å². The number of halogens is 2. The Morgan fingerprint density at radius 3 is 2.25 bits per heavy atom. The molecule has 5 rings (SSSR count). The number of rotatable bonds is 3. The van der Waals surface area contributed by atoms with Crippen LogP contribution < -0.4 is 15.5 Å². The summed E-state index contributed by atoms with van der Waals surface area (Å²) in [5.41, 5.74) is 2.24. The summed E-state index contributed by atoms with van der Waals surface area (Å²) >= 11 is 6.02. The Balaban J connectivity index is 1.59. The largest absolute Gasteiger partial charge is 0.336 e. The van der Waals surface area contributed by atoms with Crippen LogP contribution in [0.15, 0.2) is 66.7 Å². The zero-order valence-electron chi connectivity index (χ0n) is 19.3.